The molecule has 0 unspecified atom stereocenters. The Hall–Kier alpha value is -3.86. The fraction of sp³-hybridized carbons (Fsp3) is 0.0435. The van der Waals surface area contributed by atoms with Crippen LogP contribution in [-0.4, -0.2) is 11.8 Å². The van der Waals surface area contributed by atoms with Gasteiger partial charge in [0, 0.05) is 22.3 Å². The number of benzene rings is 3. The second kappa shape index (κ2) is 7.40. The van der Waals surface area contributed by atoms with Crippen LogP contribution in [0.5, 0.6) is 0 Å². The van der Waals surface area contributed by atoms with Crippen LogP contribution >= 0.6 is 0 Å². The molecule has 2 N–H and O–H groups in total. The highest BCUT2D eigenvalue weighted by molar-refractivity contribution is 6.06. The van der Waals surface area contributed by atoms with E-state index in [0.29, 0.717) is 22.5 Å². The number of furan rings is 1. The molecule has 0 spiro atoms. The van der Waals surface area contributed by atoms with Gasteiger partial charge in [0.1, 0.15) is 5.58 Å². The lowest BCUT2D eigenvalue weighted by Gasteiger charge is -2.09. The van der Waals surface area contributed by atoms with Crippen molar-refractivity contribution in [3.05, 3.63) is 95.7 Å². The molecule has 4 rings (SSSR count). The lowest BCUT2D eigenvalue weighted by molar-refractivity contribution is 0.0996. The van der Waals surface area contributed by atoms with Crippen LogP contribution in [0.1, 0.15) is 26.5 Å². The van der Waals surface area contributed by atoms with Crippen molar-refractivity contribution in [3.63, 3.8) is 0 Å². The number of para-hydroxylation sites is 1. The van der Waals surface area contributed by atoms with Crippen molar-refractivity contribution in [2.75, 3.05) is 10.6 Å². The van der Waals surface area contributed by atoms with Crippen molar-refractivity contribution in [2.45, 2.75) is 6.92 Å². The van der Waals surface area contributed by atoms with Crippen molar-refractivity contribution in [1.29, 1.82) is 0 Å². The molecule has 0 atom stereocenters. The Balaban J connectivity index is 1.43. The smallest absolute Gasteiger partial charge is 0.291 e. The third-order valence-corrected chi connectivity index (χ3v) is 4.44. The number of anilines is 2. The molecule has 0 saturated carbocycles. The van der Waals surface area contributed by atoms with Gasteiger partial charge in [0.2, 0.25) is 0 Å². The molecule has 0 fully saturated rings. The summed E-state index contributed by atoms with van der Waals surface area (Å²) in [5.41, 5.74) is 3.47. The summed E-state index contributed by atoms with van der Waals surface area (Å²) in [6, 6.07) is 23.5. The van der Waals surface area contributed by atoms with Gasteiger partial charge in [-0.15, -0.1) is 0 Å². The molecule has 1 heterocycles. The summed E-state index contributed by atoms with van der Waals surface area (Å²) in [6.45, 7) is 1.89. The van der Waals surface area contributed by atoms with Gasteiger partial charge in [-0.25, -0.2) is 0 Å². The van der Waals surface area contributed by atoms with Gasteiger partial charge >= 0.3 is 0 Å². The maximum atomic E-state index is 12.4. The first-order valence-electron chi connectivity index (χ1n) is 8.87. The summed E-state index contributed by atoms with van der Waals surface area (Å²) >= 11 is 0. The molecular formula is C23H18N2O3. The first-order valence-corrected chi connectivity index (χ1v) is 8.87. The highest BCUT2D eigenvalue weighted by atomic mass is 16.3. The Bertz CT molecular complexity index is 1130. The van der Waals surface area contributed by atoms with Gasteiger partial charge in [0.25, 0.3) is 11.8 Å². The van der Waals surface area contributed by atoms with Gasteiger partial charge in [-0.2, -0.15) is 0 Å². The Morgan fingerprint density at radius 2 is 1.36 bits per heavy atom. The summed E-state index contributed by atoms with van der Waals surface area (Å²) in [4.78, 5) is 24.8. The number of rotatable bonds is 4. The van der Waals surface area contributed by atoms with E-state index >= 15 is 0 Å². The van der Waals surface area contributed by atoms with Crippen LogP contribution in [0.2, 0.25) is 0 Å². The maximum Gasteiger partial charge on any atom is 0.291 e. The van der Waals surface area contributed by atoms with Crippen LogP contribution in [-0.2, 0) is 0 Å². The van der Waals surface area contributed by atoms with E-state index < -0.39 is 0 Å². The number of fused-ring (bicyclic) bond motifs is 1. The number of carbonyl (C=O) groups excluding carboxylic acids is 2. The zero-order valence-electron chi connectivity index (χ0n) is 15.2. The van der Waals surface area contributed by atoms with E-state index in [2.05, 4.69) is 10.6 Å². The monoisotopic (exact) mass is 370 g/mol. The molecular weight excluding hydrogens is 352 g/mol. The van der Waals surface area contributed by atoms with E-state index in [1.54, 1.807) is 36.4 Å². The molecule has 0 aliphatic carbocycles. The van der Waals surface area contributed by atoms with Crippen LogP contribution in [0.3, 0.4) is 0 Å². The predicted octanol–water partition coefficient (Wildman–Crippen LogP) is 5.25. The molecule has 0 aliphatic rings. The van der Waals surface area contributed by atoms with Crippen LogP contribution in [0.4, 0.5) is 11.4 Å². The molecule has 0 radical (unpaired) electrons. The van der Waals surface area contributed by atoms with Gasteiger partial charge in [0.05, 0.1) is 0 Å². The molecule has 4 aromatic rings. The van der Waals surface area contributed by atoms with E-state index in [0.717, 1.165) is 10.9 Å². The van der Waals surface area contributed by atoms with Gasteiger partial charge < -0.3 is 15.1 Å². The summed E-state index contributed by atoms with van der Waals surface area (Å²) in [7, 11) is 0. The van der Waals surface area contributed by atoms with Crippen molar-refractivity contribution in [1.82, 2.24) is 0 Å². The number of hydrogen-bond acceptors (Lipinski definition) is 3. The Kier molecular flexibility index (Phi) is 4.64. The topological polar surface area (TPSA) is 71.3 Å². The number of hydrogen-bond donors (Lipinski definition) is 2. The molecule has 5 heteroatoms. The van der Waals surface area contributed by atoms with Gasteiger partial charge in [-0.1, -0.05) is 36.4 Å². The van der Waals surface area contributed by atoms with Crippen LogP contribution in [0.25, 0.3) is 11.0 Å². The third-order valence-electron chi connectivity index (χ3n) is 4.44. The maximum absolute atomic E-state index is 12.4. The minimum Gasteiger partial charge on any atom is -0.451 e. The van der Waals surface area contributed by atoms with Crippen molar-refractivity contribution in [3.8, 4) is 0 Å². The SMILES string of the molecule is Cc1ccccc1C(=O)Nc1ccc(NC(=O)c2cc3ccccc3o2)cc1. The quantitative estimate of drug-likeness (QED) is 0.516. The first kappa shape index (κ1) is 17.5. The molecule has 0 aliphatic heterocycles. The number of nitrogens with one attached hydrogen (secondary N) is 2. The standard InChI is InChI=1S/C23H18N2O3/c1-15-6-2-4-8-19(15)22(26)24-17-10-12-18(13-11-17)25-23(27)21-14-16-7-3-5-9-20(16)28-21/h2-14H,1H3,(H,24,26)(H,25,27). The molecule has 0 bridgehead atoms. The second-order valence-corrected chi connectivity index (χ2v) is 6.45. The third kappa shape index (κ3) is 3.64. The van der Waals surface area contributed by atoms with Gasteiger partial charge in [-0.3, -0.25) is 9.59 Å². The molecule has 2 amide bonds. The Morgan fingerprint density at radius 1 is 0.750 bits per heavy atom. The summed E-state index contributed by atoms with van der Waals surface area (Å²) in [5.74, 6) is -0.247. The summed E-state index contributed by atoms with van der Waals surface area (Å²) in [6.07, 6.45) is 0. The zero-order valence-corrected chi connectivity index (χ0v) is 15.2. The van der Waals surface area contributed by atoms with E-state index in [1.807, 2.05) is 49.4 Å². The summed E-state index contributed by atoms with van der Waals surface area (Å²) in [5, 5.41) is 6.53. The minimum atomic E-state index is -0.326. The second-order valence-electron chi connectivity index (χ2n) is 6.45. The Morgan fingerprint density at radius 3 is 2.04 bits per heavy atom. The summed E-state index contributed by atoms with van der Waals surface area (Å²) < 4.78 is 5.57. The van der Waals surface area contributed by atoms with Crippen LogP contribution in [0, 0.1) is 6.92 Å². The normalized spacial score (nSPS) is 10.6. The fourth-order valence-corrected chi connectivity index (χ4v) is 2.95. The van der Waals surface area contributed by atoms with E-state index in [1.165, 1.54) is 0 Å². The predicted molar refractivity (Wildman–Crippen MR) is 110 cm³/mol. The largest absolute Gasteiger partial charge is 0.451 e. The molecule has 5 nitrogen and oxygen atoms in total. The van der Waals surface area contributed by atoms with E-state index in [9.17, 15) is 9.59 Å². The van der Waals surface area contributed by atoms with Crippen molar-refractivity contribution < 1.29 is 14.0 Å². The number of aryl methyl sites for hydroxylation is 1. The number of carbonyl (C=O) groups is 2. The molecule has 3 aromatic carbocycles. The van der Waals surface area contributed by atoms with Crippen molar-refractivity contribution in [2.24, 2.45) is 0 Å². The fourth-order valence-electron chi connectivity index (χ4n) is 2.95. The minimum absolute atomic E-state index is 0.169. The Labute approximate surface area is 162 Å². The zero-order chi connectivity index (χ0) is 19.5. The lowest BCUT2D eigenvalue weighted by Crippen LogP contribution is -2.13. The highest BCUT2D eigenvalue weighted by Crippen LogP contribution is 2.21. The average Bonchev–Trinajstić information content (AvgIpc) is 3.14. The molecule has 1 aromatic heterocycles. The van der Waals surface area contributed by atoms with Gasteiger partial charge in [0.15, 0.2) is 5.76 Å². The lowest BCUT2D eigenvalue weighted by atomic mass is 10.1. The van der Waals surface area contributed by atoms with Gasteiger partial charge in [-0.05, 0) is 55.0 Å². The average molecular weight is 370 g/mol. The molecule has 28 heavy (non-hydrogen) atoms. The van der Waals surface area contributed by atoms with E-state index in [4.69, 9.17) is 4.42 Å². The van der Waals surface area contributed by atoms with Crippen LogP contribution < -0.4 is 10.6 Å². The highest BCUT2D eigenvalue weighted by Gasteiger charge is 2.13. The van der Waals surface area contributed by atoms with Crippen LogP contribution in [0.15, 0.2) is 83.3 Å². The first-order chi connectivity index (χ1) is 13.6. The van der Waals surface area contributed by atoms with E-state index in [-0.39, 0.29) is 17.6 Å². The van der Waals surface area contributed by atoms with Crippen molar-refractivity contribution >= 4 is 34.2 Å². The molecule has 0 saturated heterocycles. The number of amides is 2. The molecule has 138 valence electrons.